The van der Waals surface area contributed by atoms with Crippen LogP contribution in [-0.4, -0.2) is 0 Å². The van der Waals surface area contributed by atoms with Gasteiger partial charge in [-0.25, -0.2) is 0 Å². The number of fused-ring (bicyclic) bond motifs is 7. The minimum Gasteiger partial charge on any atom is -0.455 e. The molecule has 0 radical (unpaired) electrons. The first-order valence-electron chi connectivity index (χ1n) is 22.5. The van der Waals surface area contributed by atoms with Crippen molar-refractivity contribution in [1.82, 2.24) is 0 Å². The highest BCUT2D eigenvalue weighted by Crippen LogP contribution is 2.44. The second-order valence-corrected chi connectivity index (χ2v) is 13.8. The standard InChI is InChI=1S/C54H35NO/c1-4-16-44-36(11-1)14-9-20-46(44)39-23-29-42(30-24-39)55(43-31-25-40(26-32-43)47-21-10-15-37-12-2-5-17-45(37)47)52-22-8-7-18-48(52)41-28-34-53-51(35-41)50-33-27-38-13-3-6-19-49(38)54(50)56-53/h1-35H/i23D,24D,25D,26D,29D,30D,31D,32D. The lowest BCUT2D eigenvalue weighted by molar-refractivity contribution is 0.672. The van der Waals surface area contributed by atoms with Gasteiger partial charge in [-0.05, 0) is 103 Å². The number of hydrogen-bond acceptors (Lipinski definition) is 2. The summed E-state index contributed by atoms with van der Waals surface area (Å²) < 4.78 is 83.6. The van der Waals surface area contributed by atoms with E-state index in [1.54, 1.807) is 24.3 Å². The van der Waals surface area contributed by atoms with Crippen LogP contribution in [0.15, 0.2) is 217 Å². The Morgan fingerprint density at radius 1 is 0.357 bits per heavy atom. The van der Waals surface area contributed by atoms with Crippen LogP contribution in [0, 0.1) is 0 Å². The van der Waals surface area contributed by atoms with Crippen molar-refractivity contribution in [3.8, 4) is 33.4 Å². The van der Waals surface area contributed by atoms with Gasteiger partial charge in [-0.15, -0.1) is 0 Å². The first kappa shape index (κ1) is 24.8. The van der Waals surface area contributed by atoms with Gasteiger partial charge in [0.15, 0.2) is 0 Å². The van der Waals surface area contributed by atoms with Gasteiger partial charge >= 0.3 is 0 Å². The number of rotatable bonds is 6. The second-order valence-electron chi connectivity index (χ2n) is 13.8. The van der Waals surface area contributed by atoms with Crippen molar-refractivity contribution >= 4 is 71.3 Å². The molecule has 0 saturated carbocycles. The summed E-state index contributed by atoms with van der Waals surface area (Å²) in [7, 11) is 0. The Hall–Kier alpha value is -7.42. The predicted octanol–water partition coefficient (Wildman–Crippen LogP) is 15.5. The molecule has 0 N–H and O–H groups in total. The van der Waals surface area contributed by atoms with Gasteiger partial charge < -0.3 is 9.32 Å². The lowest BCUT2D eigenvalue weighted by Crippen LogP contribution is -2.11. The van der Waals surface area contributed by atoms with Crippen LogP contribution in [0.3, 0.4) is 0 Å². The lowest BCUT2D eigenvalue weighted by atomic mass is 9.96. The van der Waals surface area contributed by atoms with Crippen molar-refractivity contribution in [3.05, 3.63) is 212 Å². The van der Waals surface area contributed by atoms with E-state index < -0.39 is 24.2 Å². The Balaban J connectivity index is 1.20. The highest BCUT2D eigenvalue weighted by molar-refractivity contribution is 6.15. The zero-order valence-electron chi connectivity index (χ0n) is 37.9. The fourth-order valence-electron chi connectivity index (χ4n) is 7.93. The molecule has 0 bridgehead atoms. The molecule has 1 heterocycles. The van der Waals surface area contributed by atoms with Crippen molar-refractivity contribution in [2.45, 2.75) is 0 Å². The van der Waals surface area contributed by atoms with Gasteiger partial charge in [0.1, 0.15) is 11.2 Å². The zero-order valence-corrected chi connectivity index (χ0v) is 29.9. The van der Waals surface area contributed by atoms with Gasteiger partial charge in [0.25, 0.3) is 0 Å². The van der Waals surface area contributed by atoms with Gasteiger partial charge in [-0.3, -0.25) is 0 Å². The molecule has 0 unspecified atom stereocenters. The number of hydrogen-bond donors (Lipinski definition) is 0. The number of para-hydroxylation sites is 1. The van der Waals surface area contributed by atoms with Crippen molar-refractivity contribution in [2.75, 3.05) is 4.90 Å². The molecule has 11 aromatic rings. The van der Waals surface area contributed by atoms with Crippen LogP contribution >= 0.6 is 0 Å². The van der Waals surface area contributed by atoms with Gasteiger partial charge in [-0.2, -0.15) is 0 Å². The molecular weight excluding hydrogens is 679 g/mol. The molecule has 0 fully saturated rings. The average Bonchev–Trinajstić information content (AvgIpc) is 3.71. The largest absolute Gasteiger partial charge is 0.455 e. The van der Waals surface area contributed by atoms with E-state index in [1.807, 2.05) is 133 Å². The van der Waals surface area contributed by atoms with E-state index in [4.69, 9.17) is 4.42 Å². The summed E-state index contributed by atoms with van der Waals surface area (Å²) in [6.45, 7) is 0. The van der Waals surface area contributed by atoms with Gasteiger partial charge in [-0.1, -0.05) is 164 Å². The zero-order chi connectivity index (χ0) is 44.0. The van der Waals surface area contributed by atoms with Gasteiger partial charge in [0.05, 0.1) is 16.7 Å². The molecule has 0 aliphatic carbocycles. The topological polar surface area (TPSA) is 16.4 Å². The molecule has 10 aromatic carbocycles. The molecule has 0 aliphatic heterocycles. The summed E-state index contributed by atoms with van der Waals surface area (Å²) in [6, 6.07) is 48.5. The number of benzene rings is 10. The minimum atomic E-state index is -0.406. The maximum Gasteiger partial charge on any atom is 0.143 e. The Kier molecular flexibility index (Phi) is 5.83. The summed E-state index contributed by atoms with van der Waals surface area (Å²) in [5.74, 6) is 0. The van der Waals surface area contributed by atoms with E-state index in [9.17, 15) is 11.0 Å². The number of nitrogens with zero attached hydrogens (tertiary/aromatic N) is 1. The first-order chi connectivity index (χ1) is 31.1. The molecule has 11 rings (SSSR count). The molecule has 2 heteroatoms. The molecule has 0 atom stereocenters. The maximum atomic E-state index is 9.73. The summed E-state index contributed by atoms with van der Waals surface area (Å²) in [5.41, 5.74) is 3.92. The van der Waals surface area contributed by atoms with E-state index in [2.05, 4.69) is 6.07 Å². The van der Waals surface area contributed by atoms with Crippen LogP contribution in [0.4, 0.5) is 17.1 Å². The van der Waals surface area contributed by atoms with Crippen LogP contribution in [0.2, 0.25) is 0 Å². The van der Waals surface area contributed by atoms with E-state index in [1.165, 1.54) is 4.90 Å². The summed E-state index contributed by atoms with van der Waals surface area (Å²) >= 11 is 0. The Labute approximate surface area is 336 Å². The van der Waals surface area contributed by atoms with Crippen molar-refractivity contribution in [3.63, 3.8) is 0 Å². The Morgan fingerprint density at radius 2 is 0.857 bits per heavy atom. The molecule has 0 saturated heterocycles. The molecule has 2 nitrogen and oxygen atoms in total. The minimum absolute atomic E-state index is 0.111. The summed E-state index contributed by atoms with van der Waals surface area (Å²) in [6.07, 6.45) is 0. The Morgan fingerprint density at radius 3 is 1.48 bits per heavy atom. The van der Waals surface area contributed by atoms with Crippen LogP contribution in [0.25, 0.3) is 87.6 Å². The molecule has 0 aliphatic rings. The fourth-order valence-corrected chi connectivity index (χ4v) is 7.93. The fraction of sp³-hybridized carbons (Fsp3) is 0. The molecule has 262 valence electrons. The Bertz CT molecular complexity index is 3530. The van der Waals surface area contributed by atoms with Crippen molar-refractivity contribution in [2.24, 2.45) is 0 Å². The monoisotopic (exact) mass is 721 g/mol. The highest BCUT2D eigenvalue weighted by atomic mass is 16.3. The van der Waals surface area contributed by atoms with Crippen molar-refractivity contribution < 1.29 is 15.4 Å². The lowest BCUT2D eigenvalue weighted by Gasteiger charge is -2.28. The van der Waals surface area contributed by atoms with Crippen molar-refractivity contribution in [1.29, 1.82) is 0 Å². The quantitative estimate of drug-likeness (QED) is 0.170. The van der Waals surface area contributed by atoms with Crippen LogP contribution in [-0.2, 0) is 0 Å². The molecular formula is C54H35NO. The number of furan rings is 1. The van der Waals surface area contributed by atoms with Crippen LogP contribution in [0.5, 0.6) is 0 Å². The second kappa shape index (κ2) is 13.2. The first-order valence-corrected chi connectivity index (χ1v) is 18.5. The summed E-state index contributed by atoms with van der Waals surface area (Å²) in [5, 5.41) is 7.08. The molecule has 0 amide bonds. The maximum absolute atomic E-state index is 9.73. The molecule has 1 aromatic heterocycles. The third kappa shape index (κ3) is 5.34. The van der Waals surface area contributed by atoms with Gasteiger partial charge in [0, 0.05) is 33.1 Å². The van der Waals surface area contributed by atoms with E-state index in [0.29, 0.717) is 33.5 Å². The number of anilines is 3. The molecule has 0 spiro atoms. The predicted molar refractivity (Wildman–Crippen MR) is 237 cm³/mol. The normalized spacial score (nSPS) is 13.6. The molecule has 56 heavy (non-hydrogen) atoms. The third-order valence-corrected chi connectivity index (χ3v) is 10.6. The van der Waals surface area contributed by atoms with Gasteiger partial charge in [0.2, 0.25) is 0 Å². The van der Waals surface area contributed by atoms with E-state index in [-0.39, 0.29) is 46.7 Å². The van der Waals surface area contributed by atoms with Crippen LogP contribution < -0.4 is 4.90 Å². The highest BCUT2D eigenvalue weighted by Gasteiger charge is 2.19. The third-order valence-electron chi connectivity index (χ3n) is 10.6. The smallest absolute Gasteiger partial charge is 0.143 e. The van der Waals surface area contributed by atoms with E-state index >= 15 is 0 Å². The van der Waals surface area contributed by atoms with E-state index in [0.717, 1.165) is 48.7 Å². The summed E-state index contributed by atoms with van der Waals surface area (Å²) in [4.78, 5) is 1.39. The SMILES string of the molecule is [2H]c1c([2H])c(N(c2ccccc2-c2ccc3oc4c5ccccc5ccc4c3c2)c2c([2H])c([2H])c(-c3cccc4ccccc34)c([2H])c2[2H])c([2H])c([2H])c1-c1cccc2ccccc12. The average molecular weight is 722 g/mol. The van der Waals surface area contributed by atoms with Crippen LogP contribution in [0.1, 0.15) is 11.0 Å².